The van der Waals surface area contributed by atoms with E-state index in [4.69, 9.17) is 0 Å². The molecule has 1 aromatic carbocycles. The summed E-state index contributed by atoms with van der Waals surface area (Å²) in [5, 5.41) is 4.43. The van der Waals surface area contributed by atoms with E-state index in [0.717, 1.165) is 37.9 Å². The summed E-state index contributed by atoms with van der Waals surface area (Å²) in [7, 11) is 2.11. The van der Waals surface area contributed by atoms with Gasteiger partial charge in [0.05, 0.1) is 0 Å². The topological polar surface area (TPSA) is 51.4 Å². The van der Waals surface area contributed by atoms with Gasteiger partial charge in [0.15, 0.2) is 0 Å². The molecule has 2 aromatic rings. The second-order valence-electron chi connectivity index (χ2n) is 6.96. The number of hydrogen-bond acceptors (Lipinski definition) is 2. The van der Waals surface area contributed by atoms with Crippen molar-refractivity contribution in [2.24, 2.45) is 0 Å². The third-order valence-electron chi connectivity index (χ3n) is 4.94. The number of H-pyrrole nitrogens is 1. The number of likely N-dealkylation sites (tertiary alicyclic amines) is 1. The minimum absolute atomic E-state index is 0.0990. The fourth-order valence-electron chi connectivity index (χ4n) is 3.46. The normalized spacial score (nSPS) is 21.7. The zero-order valence-electron chi connectivity index (χ0n) is 13.6. The van der Waals surface area contributed by atoms with Crippen LogP contribution in [0.15, 0.2) is 30.5 Å². The monoisotopic (exact) mass is 312 g/mol. The van der Waals surface area contributed by atoms with Gasteiger partial charge in [0.25, 0.3) is 0 Å². The van der Waals surface area contributed by atoms with Gasteiger partial charge in [0.2, 0.25) is 0 Å². The highest BCUT2D eigenvalue weighted by atomic mass is 16.2. The number of benzene rings is 1. The number of amides is 2. The Kier molecular flexibility index (Phi) is 3.73. The van der Waals surface area contributed by atoms with E-state index in [1.807, 2.05) is 11.1 Å². The molecule has 2 fully saturated rings. The van der Waals surface area contributed by atoms with Crippen molar-refractivity contribution in [1.82, 2.24) is 20.1 Å². The minimum Gasteiger partial charge on any atom is -0.361 e. The summed E-state index contributed by atoms with van der Waals surface area (Å²) >= 11 is 0. The number of nitrogens with one attached hydrogen (secondary N) is 2. The van der Waals surface area contributed by atoms with Gasteiger partial charge in [-0.3, -0.25) is 0 Å². The molecule has 1 saturated carbocycles. The Hall–Kier alpha value is -2.01. The Balaban J connectivity index is 1.45. The van der Waals surface area contributed by atoms with Crippen LogP contribution in [0.4, 0.5) is 4.79 Å². The Morgan fingerprint density at radius 1 is 1.35 bits per heavy atom. The highest BCUT2D eigenvalue weighted by molar-refractivity contribution is 5.80. The van der Waals surface area contributed by atoms with Crippen molar-refractivity contribution in [2.75, 3.05) is 20.1 Å². The first kappa shape index (κ1) is 14.6. The van der Waals surface area contributed by atoms with Crippen molar-refractivity contribution in [3.05, 3.63) is 36.0 Å². The summed E-state index contributed by atoms with van der Waals surface area (Å²) in [5.74, 6) is 0. The van der Waals surface area contributed by atoms with Crippen LogP contribution < -0.4 is 5.32 Å². The molecule has 122 valence electrons. The molecule has 2 aliphatic rings. The second kappa shape index (κ2) is 5.89. The highest BCUT2D eigenvalue weighted by Gasteiger charge is 2.34. The van der Waals surface area contributed by atoms with E-state index >= 15 is 0 Å². The molecule has 23 heavy (non-hydrogen) atoms. The fraction of sp³-hybridized carbons (Fsp3) is 0.500. The van der Waals surface area contributed by atoms with Crippen LogP contribution in [0.5, 0.6) is 0 Å². The van der Waals surface area contributed by atoms with Crippen molar-refractivity contribution in [3.8, 4) is 0 Å². The third-order valence-corrected chi connectivity index (χ3v) is 4.94. The molecule has 1 atom stereocenters. The maximum absolute atomic E-state index is 12.7. The van der Waals surface area contributed by atoms with Crippen molar-refractivity contribution in [1.29, 1.82) is 0 Å². The average Bonchev–Trinajstić information content (AvgIpc) is 3.13. The SMILES string of the molecule is CN1CC[C@@H](NC(=O)N(Cc2ccc3[nH]ccc3c2)C2CC2)C1. The first-order chi connectivity index (χ1) is 11.2. The zero-order chi connectivity index (χ0) is 15.8. The van der Waals surface area contributed by atoms with Gasteiger partial charge in [-0.1, -0.05) is 6.07 Å². The molecular weight excluding hydrogens is 288 g/mol. The third kappa shape index (κ3) is 3.20. The molecule has 1 aromatic heterocycles. The van der Waals surface area contributed by atoms with Crippen LogP contribution in [0.25, 0.3) is 10.9 Å². The van der Waals surface area contributed by atoms with Crippen LogP contribution in [0, 0.1) is 0 Å². The van der Waals surface area contributed by atoms with Gasteiger partial charge in [-0.05, 0) is 62.0 Å². The minimum atomic E-state index is 0.0990. The largest absolute Gasteiger partial charge is 0.361 e. The number of likely N-dealkylation sites (N-methyl/N-ethyl adjacent to an activating group) is 1. The van der Waals surface area contributed by atoms with Crippen LogP contribution in [0.2, 0.25) is 0 Å². The molecule has 0 spiro atoms. The lowest BCUT2D eigenvalue weighted by Gasteiger charge is -2.25. The first-order valence-electron chi connectivity index (χ1n) is 8.51. The van der Waals surface area contributed by atoms with Crippen LogP contribution in [0.3, 0.4) is 0 Å². The Bertz CT molecular complexity index is 706. The number of urea groups is 1. The van der Waals surface area contributed by atoms with Crippen LogP contribution in [0.1, 0.15) is 24.8 Å². The molecule has 5 heteroatoms. The number of nitrogens with zero attached hydrogens (tertiary/aromatic N) is 2. The number of carbonyl (C=O) groups is 1. The first-order valence-corrected chi connectivity index (χ1v) is 8.51. The van der Waals surface area contributed by atoms with E-state index in [-0.39, 0.29) is 6.03 Å². The molecule has 0 radical (unpaired) electrons. The van der Waals surface area contributed by atoms with Gasteiger partial charge in [0.1, 0.15) is 0 Å². The number of carbonyl (C=O) groups excluding carboxylic acids is 1. The molecule has 1 saturated heterocycles. The lowest BCUT2D eigenvalue weighted by molar-refractivity contribution is 0.188. The van der Waals surface area contributed by atoms with Crippen LogP contribution >= 0.6 is 0 Å². The van der Waals surface area contributed by atoms with Crippen LogP contribution in [-0.4, -0.2) is 53.0 Å². The molecular formula is C18H24N4O. The van der Waals surface area contributed by atoms with Gasteiger partial charge in [-0.2, -0.15) is 0 Å². The van der Waals surface area contributed by atoms with Gasteiger partial charge in [0, 0.05) is 36.9 Å². The van der Waals surface area contributed by atoms with Crippen molar-refractivity contribution in [3.63, 3.8) is 0 Å². The zero-order valence-corrected chi connectivity index (χ0v) is 13.6. The van der Waals surface area contributed by atoms with Crippen molar-refractivity contribution in [2.45, 2.75) is 37.9 Å². The van der Waals surface area contributed by atoms with E-state index in [1.54, 1.807) is 0 Å². The lowest BCUT2D eigenvalue weighted by Crippen LogP contribution is -2.46. The predicted molar refractivity (Wildman–Crippen MR) is 91.3 cm³/mol. The molecule has 4 rings (SSSR count). The molecule has 2 heterocycles. The standard InChI is InChI=1S/C18H24N4O/c1-21-9-7-15(12-21)20-18(23)22(16-3-4-16)11-13-2-5-17-14(10-13)6-8-19-17/h2,5-6,8,10,15-16,19H,3-4,7,9,11-12H2,1H3,(H,20,23)/t15-/m1/s1. The average molecular weight is 312 g/mol. The number of rotatable bonds is 4. The number of aromatic amines is 1. The van der Waals surface area contributed by atoms with E-state index in [0.29, 0.717) is 18.6 Å². The molecule has 0 bridgehead atoms. The second-order valence-corrected chi connectivity index (χ2v) is 6.96. The fourth-order valence-corrected chi connectivity index (χ4v) is 3.46. The molecule has 1 aliphatic carbocycles. The highest BCUT2D eigenvalue weighted by Crippen LogP contribution is 2.29. The number of hydrogen-bond donors (Lipinski definition) is 2. The maximum atomic E-state index is 12.7. The Morgan fingerprint density at radius 2 is 2.22 bits per heavy atom. The molecule has 0 unspecified atom stereocenters. The molecule has 5 nitrogen and oxygen atoms in total. The summed E-state index contributed by atoms with van der Waals surface area (Å²) in [4.78, 5) is 20.2. The van der Waals surface area contributed by atoms with Gasteiger partial charge in [-0.15, -0.1) is 0 Å². The predicted octanol–water partition coefficient (Wildman–Crippen LogP) is 2.55. The summed E-state index contributed by atoms with van der Waals surface area (Å²) in [6.45, 7) is 2.72. The van der Waals surface area contributed by atoms with E-state index in [2.05, 4.69) is 46.5 Å². The summed E-state index contributed by atoms with van der Waals surface area (Å²) in [5.41, 5.74) is 2.34. The summed E-state index contributed by atoms with van der Waals surface area (Å²) in [6, 6.07) is 9.27. The Morgan fingerprint density at radius 3 is 2.96 bits per heavy atom. The summed E-state index contributed by atoms with van der Waals surface area (Å²) in [6.07, 6.45) is 5.27. The number of fused-ring (bicyclic) bond motifs is 1. The van der Waals surface area contributed by atoms with E-state index < -0.39 is 0 Å². The van der Waals surface area contributed by atoms with Gasteiger partial charge in [-0.25, -0.2) is 4.79 Å². The maximum Gasteiger partial charge on any atom is 0.318 e. The smallest absolute Gasteiger partial charge is 0.318 e. The summed E-state index contributed by atoms with van der Waals surface area (Å²) < 4.78 is 0. The lowest BCUT2D eigenvalue weighted by atomic mass is 10.1. The van der Waals surface area contributed by atoms with Crippen LogP contribution in [-0.2, 0) is 6.54 Å². The molecule has 2 amide bonds. The van der Waals surface area contributed by atoms with Crippen molar-refractivity contribution >= 4 is 16.9 Å². The van der Waals surface area contributed by atoms with Crippen molar-refractivity contribution < 1.29 is 4.79 Å². The molecule has 2 N–H and O–H groups in total. The van der Waals surface area contributed by atoms with E-state index in [9.17, 15) is 4.79 Å². The van der Waals surface area contributed by atoms with E-state index in [1.165, 1.54) is 10.9 Å². The quantitative estimate of drug-likeness (QED) is 0.911. The van der Waals surface area contributed by atoms with Gasteiger partial charge < -0.3 is 20.1 Å². The molecule has 1 aliphatic heterocycles. The Labute approximate surface area is 136 Å². The number of aromatic nitrogens is 1. The van der Waals surface area contributed by atoms with Gasteiger partial charge >= 0.3 is 6.03 Å².